The third kappa shape index (κ3) is 2.11. The minimum absolute atomic E-state index is 0.193. The maximum absolute atomic E-state index is 8.67. The fraction of sp³-hybridized carbons (Fsp3) is 0.444. The van der Waals surface area contributed by atoms with Gasteiger partial charge in [-0.05, 0) is 25.5 Å². The van der Waals surface area contributed by atoms with Gasteiger partial charge in [0.2, 0.25) is 0 Å². The summed E-state index contributed by atoms with van der Waals surface area (Å²) >= 11 is 0. The summed E-state index contributed by atoms with van der Waals surface area (Å²) in [5.41, 5.74) is 6.31. The molecule has 1 rings (SSSR count). The van der Waals surface area contributed by atoms with Crippen LogP contribution in [0, 0.1) is 11.3 Å². The lowest BCUT2D eigenvalue weighted by molar-refractivity contribution is 0.569. The second-order valence-electron chi connectivity index (χ2n) is 2.96. The van der Waals surface area contributed by atoms with E-state index in [1.165, 1.54) is 0 Å². The Labute approximate surface area is 72.4 Å². The van der Waals surface area contributed by atoms with E-state index in [0.717, 1.165) is 13.0 Å². The number of aromatic nitrogens is 1. The van der Waals surface area contributed by atoms with Crippen LogP contribution in [0.5, 0.6) is 0 Å². The largest absolute Gasteiger partial charge is 0.339 e. The van der Waals surface area contributed by atoms with Gasteiger partial charge in [0.15, 0.2) is 0 Å². The van der Waals surface area contributed by atoms with Crippen LogP contribution in [0.1, 0.15) is 19.0 Å². The highest BCUT2D eigenvalue weighted by Crippen LogP contribution is 2.02. The van der Waals surface area contributed by atoms with Crippen LogP contribution in [-0.2, 0) is 6.54 Å². The van der Waals surface area contributed by atoms with Crippen LogP contribution in [0.15, 0.2) is 18.3 Å². The van der Waals surface area contributed by atoms with Gasteiger partial charge in [0, 0.05) is 18.8 Å². The van der Waals surface area contributed by atoms with Crippen LogP contribution in [0.4, 0.5) is 0 Å². The van der Waals surface area contributed by atoms with Gasteiger partial charge in [-0.25, -0.2) is 0 Å². The Morgan fingerprint density at radius 2 is 2.50 bits per heavy atom. The second kappa shape index (κ2) is 3.93. The molecule has 1 atom stereocenters. The molecule has 0 spiro atoms. The highest BCUT2D eigenvalue weighted by molar-refractivity contribution is 5.21. The zero-order chi connectivity index (χ0) is 8.97. The Morgan fingerprint density at radius 1 is 1.75 bits per heavy atom. The molecule has 3 nitrogen and oxygen atoms in total. The summed E-state index contributed by atoms with van der Waals surface area (Å²) in [7, 11) is 0. The van der Waals surface area contributed by atoms with Gasteiger partial charge in [0.25, 0.3) is 0 Å². The smallest absolute Gasteiger partial charge is 0.120 e. The van der Waals surface area contributed by atoms with Crippen molar-refractivity contribution < 1.29 is 0 Å². The lowest BCUT2D eigenvalue weighted by Crippen LogP contribution is -2.17. The average molecular weight is 163 g/mol. The van der Waals surface area contributed by atoms with E-state index in [0.29, 0.717) is 5.69 Å². The summed E-state index contributed by atoms with van der Waals surface area (Å²) in [4.78, 5) is 0. The van der Waals surface area contributed by atoms with Crippen molar-refractivity contribution in [2.75, 3.05) is 0 Å². The van der Waals surface area contributed by atoms with E-state index in [1.54, 1.807) is 6.07 Å². The first-order valence-electron chi connectivity index (χ1n) is 4.05. The number of aryl methyl sites for hydroxylation is 1. The van der Waals surface area contributed by atoms with E-state index in [1.807, 2.05) is 23.8 Å². The van der Waals surface area contributed by atoms with Crippen LogP contribution < -0.4 is 5.73 Å². The molecule has 0 saturated carbocycles. The summed E-state index contributed by atoms with van der Waals surface area (Å²) in [6, 6.07) is 6.00. The summed E-state index contributed by atoms with van der Waals surface area (Å²) in [5.74, 6) is 0. The van der Waals surface area contributed by atoms with Crippen molar-refractivity contribution in [2.24, 2.45) is 5.73 Å². The fourth-order valence-corrected chi connectivity index (χ4v) is 1.05. The quantitative estimate of drug-likeness (QED) is 0.725. The van der Waals surface area contributed by atoms with E-state index >= 15 is 0 Å². The van der Waals surface area contributed by atoms with Crippen LogP contribution in [0.2, 0.25) is 0 Å². The van der Waals surface area contributed by atoms with Crippen molar-refractivity contribution >= 4 is 0 Å². The monoisotopic (exact) mass is 163 g/mol. The van der Waals surface area contributed by atoms with Gasteiger partial charge in [-0.2, -0.15) is 5.26 Å². The molecule has 0 aliphatic carbocycles. The molecule has 0 aromatic carbocycles. The summed E-state index contributed by atoms with van der Waals surface area (Å²) in [6.07, 6.45) is 2.81. The molecule has 0 aliphatic heterocycles. The Bertz CT molecular complexity index is 280. The van der Waals surface area contributed by atoms with Gasteiger partial charge in [0.05, 0.1) is 0 Å². The molecule has 0 bridgehead atoms. The number of nitrogens with zero attached hydrogens (tertiary/aromatic N) is 2. The minimum Gasteiger partial charge on any atom is -0.339 e. The van der Waals surface area contributed by atoms with Crippen LogP contribution in [0.25, 0.3) is 0 Å². The van der Waals surface area contributed by atoms with Crippen molar-refractivity contribution in [3.8, 4) is 6.07 Å². The van der Waals surface area contributed by atoms with Crippen molar-refractivity contribution in [1.82, 2.24) is 4.57 Å². The maximum atomic E-state index is 8.67. The SMILES string of the molecule is CC(N)CCn1cccc1C#N. The Hall–Kier alpha value is -1.27. The molecule has 1 heterocycles. The number of hydrogen-bond acceptors (Lipinski definition) is 2. The molecule has 1 unspecified atom stereocenters. The van der Waals surface area contributed by atoms with Crippen LogP contribution in [0.3, 0.4) is 0 Å². The van der Waals surface area contributed by atoms with Gasteiger partial charge in [-0.3, -0.25) is 0 Å². The third-order valence-corrected chi connectivity index (χ3v) is 1.77. The van der Waals surface area contributed by atoms with Crippen molar-refractivity contribution in [3.63, 3.8) is 0 Å². The Morgan fingerprint density at radius 3 is 3.08 bits per heavy atom. The van der Waals surface area contributed by atoms with Gasteiger partial charge in [-0.1, -0.05) is 0 Å². The van der Waals surface area contributed by atoms with E-state index in [2.05, 4.69) is 6.07 Å². The molecule has 0 fully saturated rings. The Balaban J connectivity index is 2.58. The maximum Gasteiger partial charge on any atom is 0.120 e. The Kier molecular flexibility index (Phi) is 2.89. The third-order valence-electron chi connectivity index (χ3n) is 1.77. The zero-order valence-corrected chi connectivity index (χ0v) is 7.20. The molecule has 1 aromatic heterocycles. The molecule has 2 N–H and O–H groups in total. The van der Waals surface area contributed by atoms with Crippen molar-refractivity contribution in [2.45, 2.75) is 25.9 Å². The van der Waals surface area contributed by atoms with Gasteiger partial charge >= 0.3 is 0 Å². The van der Waals surface area contributed by atoms with E-state index in [-0.39, 0.29) is 6.04 Å². The van der Waals surface area contributed by atoms with Gasteiger partial charge in [-0.15, -0.1) is 0 Å². The molecule has 0 amide bonds. The first-order chi connectivity index (χ1) is 5.74. The van der Waals surface area contributed by atoms with E-state index in [4.69, 9.17) is 11.0 Å². The number of nitrogens with two attached hydrogens (primary N) is 1. The van der Waals surface area contributed by atoms with E-state index < -0.39 is 0 Å². The standard InChI is InChI=1S/C9H13N3/c1-8(11)4-6-12-5-2-3-9(12)7-10/h2-3,5,8H,4,6,11H2,1H3. The number of nitriles is 1. The first kappa shape index (κ1) is 8.82. The van der Waals surface area contributed by atoms with Crippen LogP contribution >= 0.6 is 0 Å². The van der Waals surface area contributed by atoms with Crippen LogP contribution in [-0.4, -0.2) is 10.6 Å². The lowest BCUT2D eigenvalue weighted by Gasteiger charge is -2.06. The highest BCUT2D eigenvalue weighted by Gasteiger charge is 1.99. The summed E-state index contributed by atoms with van der Waals surface area (Å²) in [5, 5.41) is 8.67. The molecule has 1 aromatic rings. The summed E-state index contributed by atoms with van der Waals surface area (Å²) in [6.45, 7) is 2.79. The molecule has 64 valence electrons. The predicted molar refractivity (Wildman–Crippen MR) is 47.4 cm³/mol. The lowest BCUT2D eigenvalue weighted by atomic mass is 10.2. The highest BCUT2D eigenvalue weighted by atomic mass is 15.0. The number of rotatable bonds is 3. The second-order valence-corrected chi connectivity index (χ2v) is 2.96. The van der Waals surface area contributed by atoms with Crippen molar-refractivity contribution in [1.29, 1.82) is 5.26 Å². The fourth-order valence-electron chi connectivity index (χ4n) is 1.05. The van der Waals surface area contributed by atoms with Crippen molar-refractivity contribution in [3.05, 3.63) is 24.0 Å². The number of hydrogen-bond donors (Lipinski definition) is 1. The first-order valence-corrected chi connectivity index (χ1v) is 4.05. The molecule has 0 aliphatic rings. The van der Waals surface area contributed by atoms with Gasteiger partial charge in [0.1, 0.15) is 11.8 Å². The normalized spacial score (nSPS) is 12.4. The van der Waals surface area contributed by atoms with E-state index in [9.17, 15) is 0 Å². The summed E-state index contributed by atoms with van der Waals surface area (Å²) < 4.78 is 1.92. The molecule has 3 heteroatoms. The molecule has 12 heavy (non-hydrogen) atoms. The molecular weight excluding hydrogens is 150 g/mol. The average Bonchev–Trinajstić information content (AvgIpc) is 2.47. The zero-order valence-electron chi connectivity index (χ0n) is 7.20. The predicted octanol–water partition coefficient (Wildman–Crippen LogP) is 1.10. The molecule has 0 radical (unpaired) electrons. The molecular formula is C9H13N3. The minimum atomic E-state index is 0.193. The topological polar surface area (TPSA) is 54.7 Å². The molecule has 0 saturated heterocycles. The van der Waals surface area contributed by atoms with Gasteiger partial charge < -0.3 is 10.3 Å².